The maximum atomic E-state index is 12.3. The highest BCUT2D eigenvalue weighted by atomic mass is 16.5. The minimum atomic E-state index is -0.205. The number of hydrogen-bond donors (Lipinski definition) is 2. The summed E-state index contributed by atoms with van der Waals surface area (Å²) in [5, 5.41) is 7.14. The van der Waals surface area contributed by atoms with Gasteiger partial charge in [0.2, 0.25) is 0 Å². The standard InChI is InChI=1S/C23H23N5O2/c1-30-14-13-25-23(29)20-15-17(11-12-24-20)26-22-18-9-5-6-10-19(18)27-21(28-22)16-7-3-2-4-8-16/h2-10,15H,11-14H2,1H3,(H,25,29)(H,26,27,28). The van der Waals surface area contributed by atoms with E-state index < -0.39 is 0 Å². The van der Waals surface area contributed by atoms with Crippen molar-refractivity contribution in [3.63, 3.8) is 0 Å². The Morgan fingerprint density at radius 1 is 1.07 bits per heavy atom. The predicted molar refractivity (Wildman–Crippen MR) is 118 cm³/mol. The highest BCUT2D eigenvalue weighted by Crippen LogP contribution is 2.26. The molecule has 0 saturated carbocycles. The lowest BCUT2D eigenvalue weighted by atomic mass is 10.1. The van der Waals surface area contributed by atoms with Gasteiger partial charge in [-0.15, -0.1) is 0 Å². The maximum Gasteiger partial charge on any atom is 0.269 e. The van der Waals surface area contributed by atoms with E-state index in [1.54, 1.807) is 13.2 Å². The molecule has 2 aromatic carbocycles. The number of fused-ring (bicyclic) bond motifs is 1. The van der Waals surface area contributed by atoms with Crippen molar-refractivity contribution < 1.29 is 9.53 Å². The second kappa shape index (κ2) is 9.28. The average molecular weight is 401 g/mol. The molecule has 2 heterocycles. The van der Waals surface area contributed by atoms with Gasteiger partial charge < -0.3 is 15.4 Å². The number of ether oxygens (including phenoxy) is 1. The number of para-hydroxylation sites is 1. The fraction of sp³-hybridized carbons (Fsp3) is 0.217. The molecule has 0 unspecified atom stereocenters. The summed E-state index contributed by atoms with van der Waals surface area (Å²) in [6.45, 7) is 1.45. The number of carbonyl (C=O) groups excluding carboxylic acids is 1. The fourth-order valence-electron chi connectivity index (χ4n) is 3.21. The molecule has 1 aliphatic heterocycles. The Kier molecular flexibility index (Phi) is 6.10. The van der Waals surface area contributed by atoms with Crippen LogP contribution in [0.5, 0.6) is 0 Å². The van der Waals surface area contributed by atoms with Crippen molar-refractivity contribution in [2.24, 2.45) is 4.99 Å². The molecule has 0 fully saturated rings. The van der Waals surface area contributed by atoms with E-state index in [9.17, 15) is 4.79 Å². The summed E-state index contributed by atoms with van der Waals surface area (Å²) in [6, 6.07) is 17.8. The van der Waals surface area contributed by atoms with Gasteiger partial charge in [-0.3, -0.25) is 9.79 Å². The quantitative estimate of drug-likeness (QED) is 0.594. The van der Waals surface area contributed by atoms with Gasteiger partial charge in [0.25, 0.3) is 5.91 Å². The predicted octanol–water partition coefficient (Wildman–Crippen LogP) is 3.20. The number of aliphatic imine (C=N–C) groups is 1. The Morgan fingerprint density at radius 2 is 1.87 bits per heavy atom. The normalized spacial score (nSPS) is 13.5. The molecule has 0 spiro atoms. The van der Waals surface area contributed by atoms with Crippen LogP contribution in [0, 0.1) is 0 Å². The van der Waals surface area contributed by atoms with E-state index in [1.165, 1.54) is 0 Å². The molecule has 1 aliphatic rings. The minimum Gasteiger partial charge on any atom is -0.383 e. The van der Waals surface area contributed by atoms with Crippen molar-refractivity contribution in [3.8, 4) is 11.4 Å². The second-order valence-corrected chi connectivity index (χ2v) is 6.84. The van der Waals surface area contributed by atoms with Crippen LogP contribution in [0.3, 0.4) is 0 Å². The number of dihydropyridines is 1. The largest absolute Gasteiger partial charge is 0.383 e. The number of nitrogens with one attached hydrogen (secondary N) is 2. The molecule has 0 aliphatic carbocycles. The molecule has 1 amide bonds. The summed E-state index contributed by atoms with van der Waals surface area (Å²) < 4.78 is 4.97. The van der Waals surface area contributed by atoms with Gasteiger partial charge >= 0.3 is 0 Å². The summed E-state index contributed by atoms with van der Waals surface area (Å²) in [5.74, 6) is 1.16. The van der Waals surface area contributed by atoms with Gasteiger partial charge in [-0.2, -0.15) is 0 Å². The molecule has 7 nitrogen and oxygen atoms in total. The summed E-state index contributed by atoms with van der Waals surface area (Å²) in [6.07, 6.45) is 2.48. The van der Waals surface area contributed by atoms with E-state index in [2.05, 4.69) is 15.6 Å². The summed E-state index contributed by atoms with van der Waals surface area (Å²) in [5.41, 5.74) is 3.10. The van der Waals surface area contributed by atoms with Gasteiger partial charge in [0.15, 0.2) is 5.82 Å². The third-order valence-corrected chi connectivity index (χ3v) is 4.71. The van der Waals surface area contributed by atoms with Crippen molar-refractivity contribution in [3.05, 3.63) is 66.4 Å². The van der Waals surface area contributed by atoms with E-state index in [4.69, 9.17) is 14.7 Å². The van der Waals surface area contributed by atoms with Crippen molar-refractivity contribution in [2.75, 3.05) is 32.1 Å². The van der Waals surface area contributed by atoms with Gasteiger partial charge in [0.1, 0.15) is 11.5 Å². The maximum absolute atomic E-state index is 12.3. The number of amides is 1. The number of benzene rings is 2. The first-order valence-corrected chi connectivity index (χ1v) is 9.86. The van der Waals surface area contributed by atoms with Gasteiger partial charge in [0.05, 0.1) is 12.1 Å². The number of carbonyl (C=O) groups is 1. The minimum absolute atomic E-state index is 0.205. The molecule has 152 valence electrons. The smallest absolute Gasteiger partial charge is 0.269 e. The van der Waals surface area contributed by atoms with Crippen LogP contribution in [0.2, 0.25) is 0 Å². The fourth-order valence-corrected chi connectivity index (χ4v) is 3.21. The monoisotopic (exact) mass is 401 g/mol. The molecule has 0 saturated heterocycles. The first kappa shape index (κ1) is 19.7. The van der Waals surface area contributed by atoms with Crippen molar-refractivity contribution >= 4 is 28.3 Å². The lowest BCUT2D eigenvalue weighted by Gasteiger charge is -2.16. The molecule has 0 bridgehead atoms. The zero-order chi connectivity index (χ0) is 20.8. The molecule has 1 aromatic heterocycles. The Bertz CT molecular complexity index is 1110. The molecule has 30 heavy (non-hydrogen) atoms. The zero-order valence-corrected chi connectivity index (χ0v) is 16.8. The van der Waals surface area contributed by atoms with Gasteiger partial charge in [0, 0.05) is 43.3 Å². The SMILES string of the molecule is COCCNC(=O)C1=NCCC(Nc2nc(-c3ccccc3)nc3ccccc23)=C1. The number of methoxy groups -OCH3 is 1. The molecule has 7 heteroatoms. The number of hydrogen-bond acceptors (Lipinski definition) is 6. The number of anilines is 1. The highest BCUT2D eigenvalue weighted by Gasteiger charge is 2.16. The van der Waals surface area contributed by atoms with Gasteiger partial charge in [-0.05, 0) is 18.2 Å². The van der Waals surface area contributed by atoms with Crippen molar-refractivity contribution in [2.45, 2.75) is 6.42 Å². The summed E-state index contributed by atoms with van der Waals surface area (Å²) in [7, 11) is 1.60. The molecular formula is C23H23N5O2. The highest BCUT2D eigenvalue weighted by molar-refractivity contribution is 6.43. The van der Waals surface area contributed by atoms with Crippen molar-refractivity contribution in [1.82, 2.24) is 15.3 Å². The summed E-state index contributed by atoms with van der Waals surface area (Å²) >= 11 is 0. The first-order valence-electron chi connectivity index (χ1n) is 9.86. The van der Waals surface area contributed by atoms with Crippen LogP contribution in [-0.2, 0) is 9.53 Å². The number of rotatable bonds is 7. The Balaban J connectivity index is 1.63. The van der Waals surface area contributed by atoms with E-state index in [1.807, 2.05) is 54.6 Å². The zero-order valence-electron chi connectivity index (χ0n) is 16.8. The molecular weight excluding hydrogens is 378 g/mol. The van der Waals surface area contributed by atoms with Crippen LogP contribution in [0.4, 0.5) is 5.82 Å². The molecule has 3 aromatic rings. The van der Waals surface area contributed by atoms with Crippen molar-refractivity contribution in [1.29, 1.82) is 0 Å². The number of nitrogens with zero attached hydrogens (tertiary/aromatic N) is 3. The van der Waals surface area contributed by atoms with E-state index >= 15 is 0 Å². The van der Waals surface area contributed by atoms with Crippen LogP contribution in [0.25, 0.3) is 22.3 Å². The van der Waals surface area contributed by atoms with Crippen LogP contribution in [-0.4, -0.2) is 48.4 Å². The molecule has 2 N–H and O–H groups in total. The average Bonchev–Trinajstić information content (AvgIpc) is 2.80. The van der Waals surface area contributed by atoms with E-state index in [0.717, 1.165) is 22.2 Å². The lowest BCUT2D eigenvalue weighted by molar-refractivity contribution is -0.114. The van der Waals surface area contributed by atoms with Crippen LogP contribution in [0.1, 0.15) is 6.42 Å². The Hall–Kier alpha value is -3.58. The van der Waals surface area contributed by atoms with E-state index in [0.29, 0.717) is 43.5 Å². The van der Waals surface area contributed by atoms with Crippen LogP contribution in [0.15, 0.2) is 71.4 Å². The Morgan fingerprint density at radius 3 is 2.70 bits per heavy atom. The third-order valence-electron chi connectivity index (χ3n) is 4.71. The molecule has 4 rings (SSSR count). The summed E-state index contributed by atoms with van der Waals surface area (Å²) in [4.78, 5) is 26.2. The first-order chi connectivity index (χ1) is 14.7. The topological polar surface area (TPSA) is 88.5 Å². The van der Waals surface area contributed by atoms with Crippen LogP contribution >= 0.6 is 0 Å². The van der Waals surface area contributed by atoms with Gasteiger partial charge in [-0.25, -0.2) is 9.97 Å². The van der Waals surface area contributed by atoms with E-state index in [-0.39, 0.29) is 5.91 Å². The van der Waals surface area contributed by atoms with Crippen LogP contribution < -0.4 is 10.6 Å². The van der Waals surface area contributed by atoms with Gasteiger partial charge in [-0.1, -0.05) is 42.5 Å². The molecule has 0 atom stereocenters. The lowest BCUT2D eigenvalue weighted by Crippen LogP contribution is -2.34. The molecule has 0 radical (unpaired) electrons. The third kappa shape index (κ3) is 4.52. The number of aromatic nitrogens is 2. The Labute approximate surface area is 174 Å². The second-order valence-electron chi connectivity index (χ2n) is 6.84.